The van der Waals surface area contributed by atoms with E-state index in [2.05, 4.69) is 29.6 Å². The zero-order chi connectivity index (χ0) is 14.3. The SMILES string of the molecule is CC(C)c1nn(C)cc1C1NC(=O)c2ccccc2N1. The number of carbonyl (C=O) groups is 1. The molecule has 2 aromatic rings. The molecule has 0 bridgehead atoms. The fraction of sp³-hybridized carbons (Fsp3) is 0.333. The summed E-state index contributed by atoms with van der Waals surface area (Å²) in [6.45, 7) is 4.20. The molecular weight excluding hydrogens is 252 g/mol. The molecule has 1 aromatic carbocycles. The van der Waals surface area contributed by atoms with Gasteiger partial charge in [0.25, 0.3) is 5.91 Å². The predicted molar refractivity (Wildman–Crippen MR) is 77.6 cm³/mol. The van der Waals surface area contributed by atoms with Crippen LogP contribution in [0.15, 0.2) is 30.5 Å². The van der Waals surface area contributed by atoms with E-state index in [9.17, 15) is 4.79 Å². The van der Waals surface area contributed by atoms with Crippen molar-refractivity contribution in [3.63, 3.8) is 0 Å². The maximum absolute atomic E-state index is 12.2. The Morgan fingerprint density at radius 1 is 1.25 bits per heavy atom. The van der Waals surface area contributed by atoms with Crippen LogP contribution in [0.1, 0.15) is 47.5 Å². The number of hydrogen-bond donors (Lipinski definition) is 2. The smallest absolute Gasteiger partial charge is 0.255 e. The molecule has 2 heterocycles. The number of rotatable bonds is 2. The van der Waals surface area contributed by atoms with E-state index in [1.165, 1.54) is 0 Å². The average molecular weight is 270 g/mol. The monoisotopic (exact) mass is 270 g/mol. The van der Waals surface area contributed by atoms with Gasteiger partial charge in [-0.1, -0.05) is 26.0 Å². The molecule has 1 atom stereocenters. The van der Waals surface area contributed by atoms with Crippen LogP contribution in [0.4, 0.5) is 5.69 Å². The minimum absolute atomic E-state index is 0.0529. The van der Waals surface area contributed by atoms with Gasteiger partial charge in [0.2, 0.25) is 0 Å². The van der Waals surface area contributed by atoms with Gasteiger partial charge in [0, 0.05) is 24.5 Å². The van der Waals surface area contributed by atoms with E-state index in [-0.39, 0.29) is 12.1 Å². The zero-order valence-corrected chi connectivity index (χ0v) is 11.8. The molecular formula is C15H18N4O. The molecule has 1 aliphatic rings. The molecule has 1 unspecified atom stereocenters. The summed E-state index contributed by atoms with van der Waals surface area (Å²) >= 11 is 0. The Balaban J connectivity index is 2.00. The van der Waals surface area contributed by atoms with Gasteiger partial charge in [0.1, 0.15) is 6.17 Å². The van der Waals surface area contributed by atoms with Crippen molar-refractivity contribution in [1.82, 2.24) is 15.1 Å². The van der Waals surface area contributed by atoms with Crippen molar-refractivity contribution >= 4 is 11.6 Å². The van der Waals surface area contributed by atoms with Gasteiger partial charge in [-0.15, -0.1) is 0 Å². The van der Waals surface area contributed by atoms with Gasteiger partial charge < -0.3 is 10.6 Å². The molecule has 20 heavy (non-hydrogen) atoms. The van der Waals surface area contributed by atoms with Crippen LogP contribution >= 0.6 is 0 Å². The number of hydrogen-bond acceptors (Lipinski definition) is 3. The van der Waals surface area contributed by atoms with Crippen molar-refractivity contribution in [2.75, 3.05) is 5.32 Å². The quantitative estimate of drug-likeness (QED) is 0.881. The number of amides is 1. The maximum Gasteiger partial charge on any atom is 0.255 e. The third kappa shape index (κ3) is 2.05. The van der Waals surface area contributed by atoms with E-state index in [0.717, 1.165) is 16.9 Å². The first-order chi connectivity index (χ1) is 9.56. The van der Waals surface area contributed by atoms with Crippen LogP contribution in [-0.4, -0.2) is 15.7 Å². The second-order valence-corrected chi connectivity index (χ2v) is 5.39. The summed E-state index contributed by atoms with van der Waals surface area (Å²) in [4.78, 5) is 12.2. The topological polar surface area (TPSA) is 59.0 Å². The molecule has 5 heteroatoms. The normalized spacial score (nSPS) is 17.6. The molecule has 1 aliphatic heterocycles. The lowest BCUT2D eigenvalue weighted by Crippen LogP contribution is -2.38. The molecule has 0 saturated heterocycles. The molecule has 1 amide bonds. The Morgan fingerprint density at radius 3 is 2.75 bits per heavy atom. The van der Waals surface area contributed by atoms with E-state index in [0.29, 0.717) is 11.5 Å². The second-order valence-electron chi connectivity index (χ2n) is 5.39. The van der Waals surface area contributed by atoms with Crippen molar-refractivity contribution < 1.29 is 4.79 Å². The van der Waals surface area contributed by atoms with Crippen molar-refractivity contribution in [1.29, 1.82) is 0 Å². The van der Waals surface area contributed by atoms with Gasteiger partial charge in [0.05, 0.1) is 11.3 Å². The fourth-order valence-corrected chi connectivity index (χ4v) is 2.56. The maximum atomic E-state index is 12.2. The molecule has 0 spiro atoms. The average Bonchev–Trinajstić information content (AvgIpc) is 2.81. The number of aromatic nitrogens is 2. The second kappa shape index (κ2) is 4.67. The number of fused-ring (bicyclic) bond motifs is 1. The van der Waals surface area contributed by atoms with Crippen molar-refractivity contribution in [3.05, 3.63) is 47.3 Å². The highest BCUT2D eigenvalue weighted by atomic mass is 16.2. The largest absolute Gasteiger partial charge is 0.361 e. The van der Waals surface area contributed by atoms with Gasteiger partial charge >= 0.3 is 0 Å². The van der Waals surface area contributed by atoms with Crippen molar-refractivity contribution in [3.8, 4) is 0 Å². The van der Waals surface area contributed by atoms with E-state index in [1.807, 2.05) is 37.5 Å². The molecule has 104 valence electrons. The van der Waals surface area contributed by atoms with Crippen LogP contribution in [-0.2, 0) is 7.05 Å². The Morgan fingerprint density at radius 2 is 2.00 bits per heavy atom. The Hall–Kier alpha value is -2.30. The van der Waals surface area contributed by atoms with Crippen molar-refractivity contribution in [2.45, 2.75) is 25.9 Å². The third-order valence-electron chi connectivity index (χ3n) is 3.49. The molecule has 0 radical (unpaired) electrons. The number of nitrogens with zero attached hydrogens (tertiary/aromatic N) is 2. The zero-order valence-electron chi connectivity index (χ0n) is 11.8. The molecule has 1 aromatic heterocycles. The molecule has 2 N–H and O–H groups in total. The van der Waals surface area contributed by atoms with Crippen molar-refractivity contribution in [2.24, 2.45) is 7.05 Å². The molecule has 3 rings (SSSR count). The van der Waals surface area contributed by atoms with E-state index in [1.54, 1.807) is 4.68 Å². The number of aryl methyl sites for hydroxylation is 1. The summed E-state index contributed by atoms with van der Waals surface area (Å²) in [7, 11) is 1.90. The Kier molecular flexibility index (Phi) is 2.97. The first-order valence-corrected chi connectivity index (χ1v) is 6.76. The molecule has 5 nitrogen and oxygen atoms in total. The number of nitrogens with one attached hydrogen (secondary N) is 2. The van der Waals surface area contributed by atoms with E-state index >= 15 is 0 Å². The van der Waals surface area contributed by atoms with Crippen LogP contribution in [0.3, 0.4) is 0 Å². The van der Waals surface area contributed by atoms with Gasteiger partial charge in [0.15, 0.2) is 0 Å². The number of benzene rings is 1. The summed E-state index contributed by atoms with van der Waals surface area (Å²) in [5.74, 6) is 0.255. The lowest BCUT2D eigenvalue weighted by atomic mass is 10.0. The van der Waals surface area contributed by atoms with Crippen LogP contribution < -0.4 is 10.6 Å². The summed E-state index contributed by atoms with van der Waals surface area (Å²) < 4.78 is 1.79. The number of para-hydroxylation sites is 1. The molecule has 0 saturated carbocycles. The third-order valence-corrected chi connectivity index (χ3v) is 3.49. The lowest BCUT2D eigenvalue weighted by Gasteiger charge is -2.28. The highest BCUT2D eigenvalue weighted by Gasteiger charge is 2.27. The van der Waals surface area contributed by atoms with Crippen LogP contribution in [0, 0.1) is 0 Å². The Labute approximate surface area is 118 Å². The summed E-state index contributed by atoms with van der Waals surface area (Å²) in [6, 6.07) is 7.53. The summed E-state index contributed by atoms with van der Waals surface area (Å²) in [5, 5.41) is 10.9. The van der Waals surface area contributed by atoms with Crippen LogP contribution in [0.5, 0.6) is 0 Å². The van der Waals surface area contributed by atoms with E-state index < -0.39 is 0 Å². The highest BCUT2D eigenvalue weighted by molar-refractivity contribution is 6.01. The van der Waals surface area contributed by atoms with E-state index in [4.69, 9.17) is 0 Å². The van der Waals surface area contributed by atoms with Gasteiger partial charge in [-0.2, -0.15) is 5.10 Å². The standard InChI is InChI=1S/C15H18N4O/c1-9(2)13-11(8-19(3)18-13)14-16-12-7-5-4-6-10(12)15(20)17-14/h4-9,14,16H,1-3H3,(H,17,20). The number of anilines is 1. The minimum Gasteiger partial charge on any atom is -0.361 e. The van der Waals surface area contributed by atoms with Crippen LogP contribution in [0.25, 0.3) is 0 Å². The van der Waals surface area contributed by atoms with Gasteiger partial charge in [-0.3, -0.25) is 9.48 Å². The predicted octanol–water partition coefficient (Wildman–Crippen LogP) is 2.40. The molecule has 0 fully saturated rings. The van der Waals surface area contributed by atoms with Gasteiger partial charge in [-0.05, 0) is 18.1 Å². The fourth-order valence-electron chi connectivity index (χ4n) is 2.56. The summed E-state index contributed by atoms with van der Waals surface area (Å²) in [6.07, 6.45) is 1.73. The summed E-state index contributed by atoms with van der Waals surface area (Å²) in [5.41, 5.74) is 3.56. The lowest BCUT2D eigenvalue weighted by molar-refractivity contribution is 0.0935. The molecule has 0 aliphatic carbocycles. The van der Waals surface area contributed by atoms with Gasteiger partial charge in [-0.25, -0.2) is 0 Å². The highest BCUT2D eigenvalue weighted by Crippen LogP contribution is 2.29. The number of carbonyl (C=O) groups excluding carboxylic acids is 1. The first-order valence-electron chi connectivity index (χ1n) is 6.76. The first kappa shape index (κ1) is 12.7. The Bertz CT molecular complexity index is 660. The van der Waals surface area contributed by atoms with Crippen LogP contribution in [0.2, 0.25) is 0 Å². The minimum atomic E-state index is -0.233.